The summed E-state index contributed by atoms with van der Waals surface area (Å²) in [5, 5.41) is 1.07. The Bertz CT molecular complexity index is 392. The molecule has 1 fully saturated rings. The number of nitrogens with two attached hydrogens (primary N) is 1. The molecule has 1 aliphatic rings. The number of benzene rings is 1. The van der Waals surface area contributed by atoms with Crippen LogP contribution in [0.3, 0.4) is 0 Å². The van der Waals surface area contributed by atoms with Crippen molar-refractivity contribution in [3.63, 3.8) is 0 Å². The van der Waals surface area contributed by atoms with Gasteiger partial charge < -0.3 is 10.6 Å². The quantitative estimate of drug-likeness (QED) is 0.839. The van der Waals surface area contributed by atoms with E-state index in [0.29, 0.717) is 21.8 Å². The topological polar surface area (TPSA) is 29.3 Å². The molecule has 0 aromatic heterocycles. The lowest BCUT2D eigenvalue weighted by atomic mass is 10.2. The van der Waals surface area contributed by atoms with E-state index in [0.717, 1.165) is 11.4 Å². The molecule has 88 valence electrons. The SMILES string of the molecule is CN(c1cc(Cl)c(Cl)cc1N)C1CCSC1. The van der Waals surface area contributed by atoms with Crippen molar-refractivity contribution < 1.29 is 0 Å². The molecule has 5 heteroatoms. The van der Waals surface area contributed by atoms with E-state index in [9.17, 15) is 0 Å². The predicted molar refractivity (Wildman–Crippen MR) is 75.0 cm³/mol. The maximum atomic E-state index is 6.02. The van der Waals surface area contributed by atoms with Gasteiger partial charge in [0, 0.05) is 18.8 Å². The molecular weight excluding hydrogens is 263 g/mol. The lowest BCUT2D eigenvalue weighted by molar-refractivity contribution is 0.701. The maximum absolute atomic E-state index is 6.02. The number of halogens is 2. The average molecular weight is 277 g/mol. The molecule has 1 atom stereocenters. The smallest absolute Gasteiger partial charge is 0.0616 e. The minimum absolute atomic E-state index is 0.511. The van der Waals surface area contributed by atoms with Crippen molar-refractivity contribution in [1.29, 1.82) is 0 Å². The third kappa shape index (κ3) is 2.36. The van der Waals surface area contributed by atoms with Crippen molar-refractivity contribution in [3.8, 4) is 0 Å². The van der Waals surface area contributed by atoms with Gasteiger partial charge in [0.05, 0.1) is 21.4 Å². The molecular formula is C11H14Cl2N2S. The van der Waals surface area contributed by atoms with Crippen LogP contribution in [0.15, 0.2) is 12.1 Å². The van der Waals surface area contributed by atoms with Crippen LogP contribution in [0.25, 0.3) is 0 Å². The van der Waals surface area contributed by atoms with Crippen LogP contribution in [0.2, 0.25) is 10.0 Å². The number of hydrogen-bond acceptors (Lipinski definition) is 3. The number of anilines is 2. The van der Waals surface area contributed by atoms with Gasteiger partial charge in [-0.1, -0.05) is 23.2 Å². The molecule has 0 aliphatic carbocycles. The van der Waals surface area contributed by atoms with E-state index in [2.05, 4.69) is 11.9 Å². The fraction of sp³-hybridized carbons (Fsp3) is 0.455. The van der Waals surface area contributed by atoms with Crippen molar-refractivity contribution in [2.75, 3.05) is 29.2 Å². The third-order valence-electron chi connectivity index (χ3n) is 2.90. The van der Waals surface area contributed by atoms with Gasteiger partial charge in [-0.3, -0.25) is 0 Å². The fourth-order valence-electron chi connectivity index (χ4n) is 1.88. The Morgan fingerprint density at radius 1 is 1.38 bits per heavy atom. The zero-order valence-corrected chi connectivity index (χ0v) is 11.4. The Hall–Kier alpha value is -0.250. The van der Waals surface area contributed by atoms with Gasteiger partial charge in [0.15, 0.2) is 0 Å². The third-order valence-corrected chi connectivity index (χ3v) is 4.77. The van der Waals surface area contributed by atoms with Crippen molar-refractivity contribution in [1.82, 2.24) is 0 Å². The number of nitrogen functional groups attached to an aromatic ring is 1. The molecule has 0 bridgehead atoms. The van der Waals surface area contributed by atoms with Gasteiger partial charge >= 0.3 is 0 Å². The van der Waals surface area contributed by atoms with Crippen molar-refractivity contribution in [3.05, 3.63) is 22.2 Å². The summed E-state index contributed by atoms with van der Waals surface area (Å²) >= 11 is 13.9. The van der Waals surface area contributed by atoms with Gasteiger partial charge in [0.2, 0.25) is 0 Å². The second kappa shape index (κ2) is 4.94. The minimum Gasteiger partial charge on any atom is -0.397 e. The molecule has 1 saturated heterocycles. The molecule has 1 heterocycles. The summed E-state index contributed by atoms with van der Waals surface area (Å²) in [7, 11) is 2.06. The van der Waals surface area contributed by atoms with E-state index in [4.69, 9.17) is 28.9 Å². The van der Waals surface area contributed by atoms with E-state index < -0.39 is 0 Å². The zero-order chi connectivity index (χ0) is 11.7. The molecule has 0 saturated carbocycles. The van der Waals surface area contributed by atoms with Crippen molar-refractivity contribution in [2.45, 2.75) is 12.5 Å². The Balaban J connectivity index is 2.28. The number of hydrogen-bond donors (Lipinski definition) is 1. The van der Waals surface area contributed by atoms with Crippen LogP contribution < -0.4 is 10.6 Å². The first-order valence-corrected chi connectivity index (χ1v) is 7.05. The lowest BCUT2D eigenvalue weighted by Gasteiger charge is -2.27. The van der Waals surface area contributed by atoms with Gasteiger partial charge in [0.25, 0.3) is 0 Å². The highest BCUT2D eigenvalue weighted by Gasteiger charge is 2.22. The Labute approximate surface area is 110 Å². The molecule has 2 rings (SSSR count). The largest absolute Gasteiger partial charge is 0.397 e. The van der Waals surface area contributed by atoms with Gasteiger partial charge in [-0.2, -0.15) is 11.8 Å². The summed E-state index contributed by atoms with van der Waals surface area (Å²) in [5.41, 5.74) is 7.63. The number of nitrogens with zero attached hydrogens (tertiary/aromatic N) is 1. The monoisotopic (exact) mass is 276 g/mol. The molecule has 2 nitrogen and oxygen atoms in total. The normalized spacial score (nSPS) is 20.1. The van der Waals surface area contributed by atoms with Crippen LogP contribution in [-0.2, 0) is 0 Å². The molecule has 1 aromatic carbocycles. The average Bonchev–Trinajstić information content (AvgIpc) is 2.75. The van der Waals surface area contributed by atoms with Crippen LogP contribution in [0.4, 0.5) is 11.4 Å². The van der Waals surface area contributed by atoms with Crippen LogP contribution in [0.1, 0.15) is 6.42 Å². The van der Waals surface area contributed by atoms with E-state index in [-0.39, 0.29) is 0 Å². The second-order valence-corrected chi connectivity index (χ2v) is 5.92. The van der Waals surface area contributed by atoms with E-state index in [1.807, 2.05) is 17.8 Å². The highest BCUT2D eigenvalue weighted by molar-refractivity contribution is 7.99. The Morgan fingerprint density at radius 2 is 2.06 bits per heavy atom. The summed E-state index contributed by atoms with van der Waals surface area (Å²) in [6.45, 7) is 0. The predicted octanol–water partition coefficient (Wildman–Crippen LogP) is 3.52. The summed E-state index contributed by atoms with van der Waals surface area (Å²) in [5.74, 6) is 2.37. The van der Waals surface area contributed by atoms with Gasteiger partial charge in [0.1, 0.15) is 0 Å². The summed E-state index contributed by atoms with van der Waals surface area (Å²) < 4.78 is 0. The first kappa shape index (κ1) is 12.2. The standard InChI is InChI=1S/C11H14Cl2N2S/c1-15(7-2-3-16-6-7)11-5-9(13)8(12)4-10(11)14/h4-5,7H,2-3,6,14H2,1H3. The van der Waals surface area contributed by atoms with E-state index >= 15 is 0 Å². The molecule has 1 unspecified atom stereocenters. The van der Waals surface area contributed by atoms with E-state index in [1.165, 1.54) is 12.2 Å². The second-order valence-electron chi connectivity index (χ2n) is 3.95. The van der Waals surface area contributed by atoms with Crippen LogP contribution in [-0.4, -0.2) is 24.6 Å². The number of thioether (sulfide) groups is 1. The molecule has 0 radical (unpaired) electrons. The first-order chi connectivity index (χ1) is 7.59. The lowest BCUT2D eigenvalue weighted by Crippen LogP contribution is -2.31. The molecule has 0 spiro atoms. The molecule has 0 amide bonds. The maximum Gasteiger partial charge on any atom is 0.0616 e. The highest BCUT2D eigenvalue weighted by Crippen LogP contribution is 2.35. The highest BCUT2D eigenvalue weighted by atomic mass is 35.5. The minimum atomic E-state index is 0.511. The van der Waals surface area contributed by atoms with Crippen molar-refractivity contribution in [2.24, 2.45) is 0 Å². The van der Waals surface area contributed by atoms with Crippen LogP contribution >= 0.6 is 35.0 Å². The zero-order valence-electron chi connectivity index (χ0n) is 9.04. The van der Waals surface area contributed by atoms with Crippen LogP contribution in [0, 0.1) is 0 Å². The molecule has 16 heavy (non-hydrogen) atoms. The molecule has 1 aliphatic heterocycles. The Morgan fingerprint density at radius 3 is 2.69 bits per heavy atom. The van der Waals surface area contributed by atoms with Gasteiger partial charge in [-0.15, -0.1) is 0 Å². The fourth-order valence-corrected chi connectivity index (χ4v) is 3.48. The summed E-state index contributed by atoms with van der Waals surface area (Å²) in [4.78, 5) is 2.21. The van der Waals surface area contributed by atoms with Crippen molar-refractivity contribution >= 4 is 46.3 Å². The summed E-state index contributed by atoms with van der Waals surface area (Å²) in [6.07, 6.45) is 1.20. The molecule has 1 aromatic rings. The number of rotatable bonds is 2. The first-order valence-electron chi connectivity index (χ1n) is 5.14. The van der Waals surface area contributed by atoms with Gasteiger partial charge in [-0.05, 0) is 24.3 Å². The Kier molecular flexibility index (Phi) is 3.77. The van der Waals surface area contributed by atoms with Crippen LogP contribution in [0.5, 0.6) is 0 Å². The van der Waals surface area contributed by atoms with Gasteiger partial charge in [-0.25, -0.2) is 0 Å². The summed E-state index contributed by atoms with van der Waals surface area (Å²) in [6, 6.07) is 4.12. The van der Waals surface area contributed by atoms with E-state index in [1.54, 1.807) is 6.07 Å². The molecule has 2 N–H and O–H groups in total.